The molecule has 0 fully saturated rings. The van der Waals surface area contributed by atoms with Crippen LogP contribution in [-0.4, -0.2) is 16.3 Å². The number of rotatable bonds is 2. The number of hydrogen-bond acceptors (Lipinski definition) is 3. The minimum atomic E-state index is 0.128. The van der Waals surface area contributed by atoms with Crippen molar-refractivity contribution in [3.05, 3.63) is 6.20 Å². The summed E-state index contributed by atoms with van der Waals surface area (Å²) in [4.78, 5) is 0. The van der Waals surface area contributed by atoms with Crippen molar-refractivity contribution in [1.82, 2.24) is 10.2 Å². The van der Waals surface area contributed by atoms with Crippen LogP contribution >= 0.6 is 0 Å². The van der Waals surface area contributed by atoms with Crippen molar-refractivity contribution >= 4 is 5.69 Å². The van der Waals surface area contributed by atoms with E-state index in [-0.39, 0.29) is 6.10 Å². The molecule has 10 heavy (non-hydrogen) atoms. The van der Waals surface area contributed by atoms with Gasteiger partial charge in [-0.05, 0) is 13.8 Å². The van der Waals surface area contributed by atoms with Crippen LogP contribution in [-0.2, 0) is 0 Å². The largest absolute Gasteiger partial charge is 0.474 e. The highest BCUT2D eigenvalue weighted by Crippen LogP contribution is 2.16. The summed E-state index contributed by atoms with van der Waals surface area (Å²) in [7, 11) is 0. The Morgan fingerprint density at radius 2 is 2.40 bits per heavy atom. The van der Waals surface area contributed by atoms with Crippen LogP contribution in [0.4, 0.5) is 5.69 Å². The van der Waals surface area contributed by atoms with Gasteiger partial charge in [0.2, 0.25) is 5.88 Å². The Labute approximate surface area is 59.4 Å². The van der Waals surface area contributed by atoms with Gasteiger partial charge in [-0.3, -0.25) is 0 Å². The Bertz CT molecular complexity index is 207. The first-order valence-corrected chi connectivity index (χ1v) is 3.15. The number of nitrogens with zero attached hydrogens (tertiary/aromatic N) is 1. The highest BCUT2D eigenvalue weighted by atomic mass is 16.5. The smallest absolute Gasteiger partial charge is 0.233 e. The number of aromatic nitrogens is 2. The average molecular weight is 141 g/mol. The number of anilines is 1. The normalized spacial score (nSPS) is 10.3. The average Bonchev–Trinajstić information content (AvgIpc) is 2.15. The highest BCUT2D eigenvalue weighted by molar-refractivity contribution is 5.45. The molecule has 0 radical (unpaired) electrons. The highest BCUT2D eigenvalue weighted by Gasteiger charge is 2.02. The molecule has 0 aromatic carbocycles. The zero-order valence-corrected chi connectivity index (χ0v) is 6.09. The molecule has 0 amide bonds. The van der Waals surface area contributed by atoms with E-state index in [1.165, 1.54) is 6.20 Å². The summed E-state index contributed by atoms with van der Waals surface area (Å²) in [6.45, 7) is 3.86. The van der Waals surface area contributed by atoms with Crippen LogP contribution in [0.1, 0.15) is 13.8 Å². The number of H-pyrrole nitrogens is 1. The quantitative estimate of drug-likeness (QED) is 0.639. The molecule has 0 bridgehead atoms. The third-order valence-corrected chi connectivity index (χ3v) is 0.985. The predicted molar refractivity (Wildman–Crippen MR) is 38.8 cm³/mol. The summed E-state index contributed by atoms with van der Waals surface area (Å²) >= 11 is 0. The van der Waals surface area contributed by atoms with Gasteiger partial charge in [-0.1, -0.05) is 0 Å². The van der Waals surface area contributed by atoms with Gasteiger partial charge in [0.15, 0.2) is 0 Å². The summed E-state index contributed by atoms with van der Waals surface area (Å²) in [6, 6.07) is 0. The molecular weight excluding hydrogens is 130 g/mol. The summed E-state index contributed by atoms with van der Waals surface area (Å²) in [6.07, 6.45) is 1.65. The third-order valence-electron chi connectivity index (χ3n) is 0.985. The van der Waals surface area contributed by atoms with Crippen LogP contribution in [0.25, 0.3) is 0 Å². The van der Waals surface area contributed by atoms with E-state index in [0.717, 1.165) is 0 Å². The van der Waals surface area contributed by atoms with Gasteiger partial charge >= 0.3 is 0 Å². The van der Waals surface area contributed by atoms with Crippen molar-refractivity contribution in [1.29, 1.82) is 0 Å². The number of nitrogens with two attached hydrogens (primary N) is 1. The van der Waals surface area contributed by atoms with Gasteiger partial charge in [0.25, 0.3) is 0 Å². The monoisotopic (exact) mass is 141 g/mol. The Morgan fingerprint density at radius 1 is 1.70 bits per heavy atom. The zero-order chi connectivity index (χ0) is 7.56. The van der Waals surface area contributed by atoms with E-state index in [2.05, 4.69) is 10.2 Å². The van der Waals surface area contributed by atoms with E-state index in [4.69, 9.17) is 10.5 Å². The molecule has 56 valence electrons. The first-order valence-electron chi connectivity index (χ1n) is 3.15. The van der Waals surface area contributed by atoms with Gasteiger partial charge in [-0.2, -0.15) is 5.10 Å². The second kappa shape index (κ2) is 2.60. The standard InChI is InChI=1S/C6H11N3O/c1-4(2)10-6-5(7)3-8-9-6/h3-4H,7H2,1-2H3,(H,8,9). The van der Waals surface area contributed by atoms with E-state index in [0.29, 0.717) is 11.6 Å². The molecule has 0 saturated heterocycles. The maximum atomic E-state index is 5.47. The van der Waals surface area contributed by atoms with Crippen LogP contribution in [0.15, 0.2) is 6.20 Å². The van der Waals surface area contributed by atoms with Gasteiger partial charge in [0, 0.05) is 0 Å². The molecule has 0 aliphatic heterocycles. The lowest BCUT2D eigenvalue weighted by atomic mass is 10.5. The molecule has 0 atom stereocenters. The molecule has 0 saturated carbocycles. The van der Waals surface area contributed by atoms with Gasteiger partial charge in [0.1, 0.15) is 5.69 Å². The van der Waals surface area contributed by atoms with E-state index in [1.54, 1.807) is 0 Å². The lowest BCUT2D eigenvalue weighted by Crippen LogP contribution is -2.07. The molecule has 4 heteroatoms. The number of aromatic amines is 1. The first-order chi connectivity index (χ1) is 4.70. The van der Waals surface area contributed by atoms with Gasteiger partial charge in [-0.25, -0.2) is 5.10 Å². The summed E-state index contributed by atoms with van der Waals surface area (Å²) in [5, 5.41) is 6.34. The fraction of sp³-hybridized carbons (Fsp3) is 0.500. The van der Waals surface area contributed by atoms with Crippen molar-refractivity contribution < 1.29 is 4.74 Å². The van der Waals surface area contributed by atoms with E-state index < -0.39 is 0 Å². The van der Waals surface area contributed by atoms with Crippen molar-refractivity contribution in [3.8, 4) is 5.88 Å². The van der Waals surface area contributed by atoms with Crippen LogP contribution in [0.2, 0.25) is 0 Å². The number of ether oxygens (including phenoxy) is 1. The molecule has 0 aliphatic carbocycles. The first kappa shape index (κ1) is 6.92. The van der Waals surface area contributed by atoms with Crippen molar-refractivity contribution in [2.75, 3.05) is 5.73 Å². The lowest BCUT2D eigenvalue weighted by Gasteiger charge is -2.06. The molecule has 4 nitrogen and oxygen atoms in total. The zero-order valence-electron chi connectivity index (χ0n) is 6.09. The Hall–Kier alpha value is -1.19. The lowest BCUT2D eigenvalue weighted by molar-refractivity contribution is 0.233. The molecule has 0 spiro atoms. The molecule has 1 aromatic rings. The van der Waals surface area contributed by atoms with E-state index in [9.17, 15) is 0 Å². The van der Waals surface area contributed by atoms with Crippen LogP contribution < -0.4 is 10.5 Å². The van der Waals surface area contributed by atoms with Crippen LogP contribution in [0.3, 0.4) is 0 Å². The molecule has 1 heterocycles. The topological polar surface area (TPSA) is 63.9 Å². The van der Waals surface area contributed by atoms with Crippen molar-refractivity contribution in [3.63, 3.8) is 0 Å². The van der Waals surface area contributed by atoms with Gasteiger partial charge in [0.05, 0.1) is 12.3 Å². The fourth-order valence-electron chi connectivity index (χ4n) is 0.614. The molecule has 1 rings (SSSR count). The summed E-state index contributed by atoms with van der Waals surface area (Å²) in [5.74, 6) is 0.551. The van der Waals surface area contributed by atoms with Crippen LogP contribution in [0.5, 0.6) is 5.88 Å². The maximum absolute atomic E-state index is 5.47. The minimum Gasteiger partial charge on any atom is -0.474 e. The molecule has 0 unspecified atom stereocenters. The minimum absolute atomic E-state index is 0.128. The van der Waals surface area contributed by atoms with Crippen molar-refractivity contribution in [2.24, 2.45) is 0 Å². The molecule has 1 aromatic heterocycles. The number of hydrogen-bond donors (Lipinski definition) is 2. The fourth-order valence-corrected chi connectivity index (χ4v) is 0.614. The predicted octanol–water partition coefficient (Wildman–Crippen LogP) is 0.779. The third kappa shape index (κ3) is 1.40. The summed E-state index contributed by atoms with van der Waals surface area (Å²) in [5.41, 5.74) is 6.02. The van der Waals surface area contributed by atoms with Gasteiger partial charge < -0.3 is 10.5 Å². The molecule has 0 aliphatic rings. The Kier molecular flexibility index (Phi) is 1.80. The second-order valence-corrected chi connectivity index (χ2v) is 2.32. The van der Waals surface area contributed by atoms with E-state index in [1.807, 2.05) is 13.8 Å². The second-order valence-electron chi connectivity index (χ2n) is 2.32. The van der Waals surface area contributed by atoms with Crippen LogP contribution in [0, 0.1) is 0 Å². The van der Waals surface area contributed by atoms with Gasteiger partial charge in [-0.15, -0.1) is 0 Å². The SMILES string of the molecule is CC(C)Oc1[nH]ncc1N. The Balaban J connectivity index is 2.65. The Morgan fingerprint density at radius 3 is 2.80 bits per heavy atom. The maximum Gasteiger partial charge on any atom is 0.233 e. The van der Waals surface area contributed by atoms with E-state index >= 15 is 0 Å². The summed E-state index contributed by atoms with van der Waals surface area (Å²) < 4.78 is 5.24. The molecule has 3 N–H and O–H groups in total. The number of nitrogen functional groups attached to an aromatic ring is 1. The number of nitrogens with one attached hydrogen (secondary N) is 1. The van der Waals surface area contributed by atoms with Crippen molar-refractivity contribution in [2.45, 2.75) is 20.0 Å². The molecular formula is C6H11N3O.